The third-order valence-electron chi connectivity index (χ3n) is 4.32. The first-order valence-corrected chi connectivity index (χ1v) is 8.19. The van der Waals surface area contributed by atoms with Crippen molar-refractivity contribution in [3.63, 3.8) is 0 Å². The van der Waals surface area contributed by atoms with Crippen LogP contribution in [0.3, 0.4) is 0 Å². The molecular weight excluding hydrogens is 298 g/mol. The van der Waals surface area contributed by atoms with Crippen LogP contribution >= 0.6 is 0 Å². The Bertz CT molecular complexity index is 806. The molecule has 4 rings (SSSR count). The summed E-state index contributed by atoms with van der Waals surface area (Å²) in [6.45, 7) is 1.54. The van der Waals surface area contributed by atoms with Gasteiger partial charge in [0, 0.05) is 54.9 Å². The molecule has 1 N–H and O–H groups in total. The fourth-order valence-electron chi connectivity index (χ4n) is 3.06. The minimum atomic E-state index is 0.283. The third kappa shape index (κ3) is 3.14. The standard InChI is InChI=1S/C20H19N3O/c1-3-15(12-21-8-1)13-23-19-7-10-24-20-6-5-16(11-18(19)20)17-4-2-9-22-14-17/h1-6,8-9,11-12,14,19,23H,7,10,13H2/t19-/m1/s1. The van der Waals surface area contributed by atoms with Crippen molar-refractivity contribution in [3.8, 4) is 16.9 Å². The van der Waals surface area contributed by atoms with Gasteiger partial charge in [-0.05, 0) is 35.4 Å². The molecule has 24 heavy (non-hydrogen) atoms. The molecule has 3 heterocycles. The Balaban J connectivity index is 1.59. The molecule has 0 saturated carbocycles. The van der Waals surface area contributed by atoms with Crippen molar-refractivity contribution >= 4 is 0 Å². The minimum Gasteiger partial charge on any atom is -0.493 e. The number of fused-ring (bicyclic) bond motifs is 1. The number of rotatable bonds is 4. The average Bonchev–Trinajstić information content (AvgIpc) is 2.67. The lowest BCUT2D eigenvalue weighted by atomic mass is 9.96. The monoisotopic (exact) mass is 317 g/mol. The zero-order valence-electron chi connectivity index (χ0n) is 13.4. The molecule has 0 amide bonds. The number of ether oxygens (including phenoxy) is 1. The summed E-state index contributed by atoms with van der Waals surface area (Å²) in [5, 5.41) is 3.64. The second-order valence-corrected chi connectivity index (χ2v) is 5.93. The highest BCUT2D eigenvalue weighted by atomic mass is 16.5. The van der Waals surface area contributed by atoms with Crippen LogP contribution in [0.4, 0.5) is 0 Å². The summed E-state index contributed by atoms with van der Waals surface area (Å²) in [6, 6.07) is 14.8. The first-order valence-electron chi connectivity index (χ1n) is 8.19. The minimum absolute atomic E-state index is 0.283. The maximum Gasteiger partial charge on any atom is 0.124 e. The van der Waals surface area contributed by atoms with Crippen LogP contribution in [-0.4, -0.2) is 16.6 Å². The molecule has 1 aliphatic heterocycles. The van der Waals surface area contributed by atoms with Gasteiger partial charge < -0.3 is 10.1 Å². The van der Waals surface area contributed by atoms with E-state index in [-0.39, 0.29) is 6.04 Å². The number of nitrogens with zero attached hydrogens (tertiary/aromatic N) is 2. The summed E-state index contributed by atoms with van der Waals surface area (Å²) in [7, 11) is 0. The molecule has 0 saturated heterocycles. The van der Waals surface area contributed by atoms with E-state index in [9.17, 15) is 0 Å². The summed E-state index contributed by atoms with van der Waals surface area (Å²) in [4.78, 5) is 8.39. The zero-order valence-corrected chi connectivity index (χ0v) is 13.4. The number of hydrogen-bond acceptors (Lipinski definition) is 4. The van der Waals surface area contributed by atoms with Gasteiger partial charge in [0.05, 0.1) is 6.61 Å². The predicted molar refractivity (Wildman–Crippen MR) is 93.6 cm³/mol. The first-order chi connectivity index (χ1) is 11.9. The van der Waals surface area contributed by atoms with Crippen LogP contribution in [-0.2, 0) is 6.54 Å². The van der Waals surface area contributed by atoms with E-state index in [1.165, 1.54) is 16.7 Å². The Kier molecular flexibility index (Phi) is 4.21. The van der Waals surface area contributed by atoms with Crippen LogP contribution in [0.15, 0.2) is 67.3 Å². The zero-order chi connectivity index (χ0) is 16.2. The molecule has 2 aromatic heterocycles. The average molecular weight is 317 g/mol. The van der Waals surface area contributed by atoms with Crippen LogP contribution in [0.25, 0.3) is 11.1 Å². The summed E-state index contributed by atoms with van der Waals surface area (Å²) >= 11 is 0. The molecule has 0 aliphatic carbocycles. The van der Waals surface area contributed by atoms with Crippen LogP contribution < -0.4 is 10.1 Å². The van der Waals surface area contributed by atoms with E-state index in [0.717, 1.165) is 30.9 Å². The van der Waals surface area contributed by atoms with Gasteiger partial charge in [0.1, 0.15) is 5.75 Å². The fraction of sp³-hybridized carbons (Fsp3) is 0.200. The number of benzene rings is 1. The Hall–Kier alpha value is -2.72. The normalized spacial score (nSPS) is 16.2. The maximum atomic E-state index is 5.83. The largest absolute Gasteiger partial charge is 0.493 e. The van der Waals surface area contributed by atoms with Gasteiger partial charge in [0.15, 0.2) is 0 Å². The lowest BCUT2D eigenvalue weighted by Crippen LogP contribution is -2.26. The number of aromatic nitrogens is 2. The van der Waals surface area contributed by atoms with E-state index < -0.39 is 0 Å². The molecule has 0 fully saturated rings. The van der Waals surface area contributed by atoms with Crippen molar-refractivity contribution in [2.45, 2.75) is 19.0 Å². The quantitative estimate of drug-likeness (QED) is 0.796. The molecule has 0 radical (unpaired) electrons. The summed E-state index contributed by atoms with van der Waals surface area (Å²) < 4.78 is 5.83. The Morgan fingerprint density at radius 3 is 2.67 bits per heavy atom. The molecule has 0 bridgehead atoms. The highest BCUT2D eigenvalue weighted by molar-refractivity contribution is 5.65. The van der Waals surface area contributed by atoms with Gasteiger partial charge >= 0.3 is 0 Å². The maximum absolute atomic E-state index is 5.83. The SMILES string of the molecule is c1cncc(CN[C@@H]2CCOc3ccc(-c4cccnc4)cc32)c1. The van der Waals surface area contributed by atoms with Crippen molar-refractivity contribution in [1.82, 2.24) is 15.3 Å². The van der Waals surface area contributed by atoms with E-state index in [1.54, 1.807) is 12.4 Å². The van der Waals surface area contributed by atoms with Gasteiger partial charge in [0.2, 0.25) is 0 Å². The number of pyridine rings is 2. The molecular formula is C20H19N3O. The van der Waals surface area contributed by atoms with Crippen LogP contribution in [0.1, 0.15) is 23.6 Å². The van der Waals surface area contributed by atoms with E-state index in [0.29, 0.717) is 0 Å². The van der Waals surface area contributed by atoms with Gasteiger partial charge in [-0.15, -0.1) is 0 Å². The Labute approximate surface area is 141 Å². The second kappa shape index (κ2) is 6.81. The van der Waals surface area contributed by atoms with Crippen molar-refractivity contribution in [3.05, 3.63) is 78.4 Å². The smallest absolute Gasteiger partial charge is 0.124 e. The van der Waals surface area contributed by atoms with Gasteiger partial charge in [-0.25, -0.2) is 0 Å². The second-order valence-electron chi connectivity index (χ2n) is 5.93. The molecule has 0 spiro atoms. The summed E-state index contributed by atoms with van der Waals surface area (Å²) in [5.41, 5.74) is 4.69. The molecule has 3 aromatic rings. The van der Waals surface area contributed by atoms with E-state index in [1.807, 2.05) is 24.5 Å². The number of nitrogens with one attached hydrogen (secondary N) is 1. The van der Waals surface area contributed by atoms with Crippen molar-refractivity contribution < 1.29 is 4.74 Å². The molecule has 1 aliphatic rings. The molecule has 4 heteroatoms. The highest BCUT2D eigenvalue weighted by Crippen LogP contribution is 2.35. The Morgan fingerprint density at radius 1 is 1.00 bits per heavy atom. The lowest BCUT2D eigenvalue weighted by molar-refractivity contribution is 0.252. The van der Waals surface area contributed by atoms with Crippen molar-refractivity contribution in [2.75, 3.05) is 6.61 Å². The summed E-state index contributed by atoms with van der Waals surface area (Å²) in [5.74, 6) is 0.970. The van der Waals surface area contributed by atoms with Crippen LogP contribution in [0.2, 0.25) is 0 Å². The van der Waals surface area contributed by atoms with Gasteiger partial charge in [0.25, 0.3) is 0 Å². The van der Waals surface area contributed by atoms with Crippen molar-refractivity contribution in [2.24, 2.45) is 0 Å². The summed E-state index contributed by atoms with van der Waals surface area (Å²) in [6.07, 6.45) is 8.35. The van der Waals surface area contributed by atoms with Crippen LogP contribution in [0.5, 0.6) is 5.75 Å². The molecule has 1 aromatic carbocycles. The topological polar surface area (TPSA) is 47.0 Å². The first kappa shape index (κ1) is 14.8. The third-order valence-corrected chi connectivity index (χ3v) is 4.32. The lowest BCUT2D eigenvalue weighted by Gasteiger charge is -2.27. The Morgan fingerprint density at radius 2 is 1.88 bits per heavy atom. The van der Waals surface area contributed by atoms with Gasteiger partial charge in [-0.2, -0.15) is 0 Å². The van der Waals surface area contributed by atoms with E-state index in [4.69, 9.17) is 4.74 Å². The molecule has 120 valence electrons. The predicted octanol–water partition coefficient (Wildman–Crippen LogP) is 3.76. The van der Waals surface area contributed by atoms with E-state index >= 15 is 0 Å². The van der Waals surface area contributed by atoms with Gasteiger partial charge in [-0.3, -0.25) is 9.97 Å². The molecule has 0 unspecified atom stereocenters. The van der Waals surface area contributed by atoms with Gasteiger partial charge in [-0.1, -0.05) is 18.2 Å². The number of hydrogen-bond donors (Lipinski definition) is 1. The highest BCUT2D eigenvalue weighted by Gasteiger charge is 2.21. The molecule has 4 nitrogen and oxygen atoms in total. The van der Waals surface area contributed by atoms with Crippen LogP contribution in [0, 0.1) is 0 Å². The van der Waals surface area contributed by atoms with Crippen molar-refractivity contribution in [1.29, 1.82) is 0 Å². The molecule has 1 atom stereocenters. The fourth-order valence-corrected chi connectivity index (χ4v) is 3.06. The van der Waals surface area contributed by atoms with E-state index in [2.05, 4.69) is 45.6 Å².